The molecule has 1 aromatic carbocycles. The number of aromatic amines is 1. The van der Waals surface area contributed by atoms with Crippen LogP contribution in [0.5, 0.6) is 0 Å². The number of rotatable bonds is 4. The van der Waals surface area contributed by atoms with Crippen molar-refractivity contribution in [3.63, 3.8) is 0 Å². The van der Waals surface area contributed by atoms with E-state index in [0.29, 0.717) is 6.04 Å². The van der Waals surface area contributed by atoms with Crippen LogP contribution in [0.25, 0.3) is 10.1 Å². The van der Waals surface area contributed by atoms with Gasteiger partial charge in [0.1, 0.15) is 5.82 Å². The Kier molecular flexibility index (Phi) is 3.36. The Balaban J connectivity index is 1.81. The molecule has 0 aliphatic heterocycles. The summed E-state index contributed by atoms with van der Waals surface area (Å²) in [7, 11) is 0. The predicted octanol–water partition coefficient (Wildman–Crippen LogP) is 3.78. The van der Waals surface area contributed by atoms with Crippen LogP contribution < -0.4 is 5.32 Å². The molecule has 0 aliphatic rings. The first kappa shape index (κ1) is 12.4. The van der Waals surface area contributed by atoms with Crippen LogP contribution in [0.15, 0.2) is 36.7 Å². The molecule has 0 radical (unpaired) electrons. The second kappa shape index (κ2) is 5.15. The largest absolute Gasteiger partial charge is 0.348 e. The van der Waals surface area contributed by atoms with E-state index in [9.17, 15) is 0 Å². The number of hydrogen-bond donors (Lipinski definition) is 2. The van der Waals surface area contributed by atoms with Crippen molar-refractivity contribution in [3.8, 4) is 0 Å². The molecule has 3 aromatic rings. The highest BCUT2D eigenvalue weighted by atomic mass is 32.1. The molecule has 0 spiro atoms. The lowest BCUT2D eigenvalue weighted by Crippen LogP contribution is -2.18. The molecule has 2 heterocycles. The quantitative estimate of drug-likeness (QED) is 0.758. The molecule has 0 amide bonds. The van der Waals surface area contributed by atoms with Gasteiger partial charge in [-0.2, -0.15) is 0 Å². The number of nitrogens with one attached hydrogen (secondary N) is 2. The highest BCUT2D eigenvalue weighted by molar-refractivity contribution is 7.19. The van der Waals surface area contributed by atoms with Gasteiger partial charge in [-0.25, -0.2) is 4.98 Å². The zero-order valence-electron chi connectivity index (χ0n) is 11.1. The fourth-order valence-corrected chi connectivity index (χ4v) is 3.58. The Labute approximate surface area is 116 Å². The fourth-order valence-electron chi connectivity index (χ4n) is 2.34. The number of aryl methyl sites for hydroxylation is 1. The number of hydrogen-bond acceptors (Lipinski definition) is 3. The third kappa shape index (κ3) is 2.41. The molecule has 0 saturated heterocycles. The minimum Gasteiger partial charge on any atom is -0.348 e. The van der Waals surface area contributed by atoms with Gasteiger partial charge in [-0.05, 0) is 30.9 Å². The van der Waals surface area contributed by atoms with Crippen LogP contribution in [-0.2, 0) is 6.54 Å². The summed E-state index contributed by atoms with van der Waals surface area (Å²) in [6.07, 6.45) is 3.64. The smallest absolute Gasteiger partial charge is 0.120 e. The molecule has 98 valence electrons. The predicted molar refractivity (Wildman–Crippen MR) is 80.4 cm³/mol. The Morgan fingerprint density at radius 2 is 2.21 bits per heavy atom. The van der Waals surface area contributed by atoms with Crippen LogP contribution in [-0.4, -0.2) is 9.97 Å². The van der Waals surface area contributed by atoms with Crippen LogP contribution in [0.2, 0.25) is 0 Å². The first-order valence-corrected chi connectivity index (χ1v) is 7.27. The minimum atomic E-state index is 0.336. The van der Waals surface area contributed by atoms with E-state index in [-0.39, 0.29) is 0 Å². The van der Waals surface area contributed by atoms with E-state index in [1.54, 1.807) is 6.20 Å². The summed E-state index contributed by atoms with van der Waals surface area (Å²) >= 11 is 1.88. The van der Waals surface area contributed by atoms with Crippen molar-refractivity contribution in [2.24, 2.45) is 0 Å². The molecule has 1 atom stereocenters. The van der Waals surface area contributed by atoms with Crippen molar-refractivity contribution >= 4 is 21.4 Å². The third-order valence-electron chi connectivity index (χ3n) is 3.40. The Bertz CT molecular complexity index is 670. The van der Waals surface area contributed by atoms with E-state index >= 15 is 0 Å². The standard InChI is InChI=1S/C15H17N3S/c1-10-12-5-3-4-6-13(12)19-15(10)11(2)18-9-14-16-7-8-17-14/h3-8,11,18H,9H2,1-2H3,(H,16,17). The molecule has 0 aliphatic carbocycles. The van der Waals surface area contributed by atoms with Crippen LogP contribution in [0.3, 0.4) is 0 Å². The summed E-state index contributed by atoms with van der Waals surface area (Å²) in [5, 5.41) is 4.89. The summed E-state index contributed by atoms with van der Waals surface area (Å²) in [4.78, 5) is 8.76. The number of aromatic nitrogens is 2. The lowest BCUT2D eigenvalue weighted by atomic mass is 10.1. The van der Waals surface area contributed by atoms with Crippen LogP contribution in [0, 0.1) is 6.92 Å². The van der Waals surface area contributed by atoms with Gasteiger partial charge < -0.3 is 10.3 Å². The highest BCUT2D eigenvalue weighted by Crippen LogP contribution is 2.34. The summed E-state index contributed by atoms with van der Waals surface area (Å²) < 4.78 is 1.36. The van der Waals surface area contributed by atoms with Gasteiger partial charge in [-0.15, -0.1) is 11.3 Å². The minimum absolute atomic E-state index is 0.336. The number of H-pyrrole nitrogens is 1. The molecule has 2 N–H and O–H groups in total. The molecule has 0 bridgehead atoms. The number of thiophene rings is 1. The van der Waals surface area contributed by atoms with Gasteiger partial charge in [0.2, 0.25) is 0 Å². The topological polar surface area (TPSA) is 40.7 Å². The summed E-state index contributed by atoms with van der Waals surface area (Å²) in [6, 6.07) is 8.93. The number of nitrogens with zero attached hydrogens (tertiary/aromatic N) is 1. The monoisotopic (exact) mass is 271 g/mol. The van der Waals surface area contributed by atoms with Crippen molar-refractivity contribution in [2.45, 2.75) is 26.4 Å². The van der Waals surface area contributed by atoms with Crippen LogP contribution in [0.4, 0.5) is 0 Å². The first-order chi connectivity index (χ1) is 9.25. The van der Waals surface area contributed by atoms with E-state index in [2.05, 4.69) is 53.4 Å². The molecule has 4 heteroatoms. The molecule has 2 aromatic heterocycles. The maximum Gasteiger partial charge on any atom is 0.120 e. The van der Waals surface area contributed by atoms with E-state index in [1.165, 1.54) is 20.5 Å². The second-order valence-electron chi connectivity index (χ2n) is 4.73. The van der Waals surface area contributed by atoms with Crippen molar-refractivity contribution in [3.05, 3.63) is 52.9 Å². The second-order valence-corrected chi connectivity index (χ2v) is 5.81. The Hall–Kier alpha value is -1.65. The Morgan fingerprint density at radius 1 is 1.37 bits per heavy atom. The van der Waals surface area contributed by atoms with E-state index in [0.717, 1.165) is 12.4 Å². The van der Waals surface area contributed by atoms with Gasteiger partial charge in [-0.1, -0.05) is 18.2 Å². The molecular formula is C15H17N3S. The number of benzene rings is 1. The highest BCUT2D eigenvalue weighted by Gasteiger charge is 2.14. The van der Waals surface area contributed by atoms with Gasteiger partial charge in [0.25, 0.3) is 0 Å². The third-order valence-corrected chi connectivity index (χ3v) is 4.86. The van der Waals surface area contributed by atoms with Crippen molar-refractivity contribution in [1.29, 1.82) is 0 Å². The Morgan fingerprint density at radius 3 is 2.95 bits per heavy atom. The normalized spacial score (nSPS) is 12.9. The van der Waals surface area contributed by atoms with Gasteiger partial charge in [-0.3, -0.25) is 0 Å². The SMILES string of the molecule is Cc1c(C(C)NCc2ncc[nH]2)sc2ccccc12. The molecule has 3 rings (SSSR count). The fraction of sp³-hybridized carbons (Fsp3) is 0.267. The molecule has 0 fully saturated rings. The number of fused-ring (bicyclic) bond motifs is 1. The molecule has 1 unspecified atom stereocenters. The van der Waals surface area contributed by atoms with Crippen LogP contribution >= 0.6 is 11.3 Å². The van der Waals surface area contributed by atoms with Crippen molar-refractivity contribution in [1.82, 2.24) is 15.3 Å². The average Bonchev–Trinajstić information content (AvgIpc) is 3.05. The van der Waals surface area contributed by atoms with Gasteiger partial charge in [0.15, 0.2) is 0 Å². The first-order valence-electron chi connectivity index (χ1n) is 6.45. The van der Waals surface area contributed by atoms with Crippen molar-refractivity contribution in [2.75, 3.05) is 0 Å². The van der Waals surface area contributed by atoms with E-state index in [1.807, 2.05) is 17.5 Å². The summed E-state index contributed by atoms with van der Waals surface area (Å²) in [5.74, 6) is 0.977. The van der Waals surface area contributed by atoms with Gasteiger partial charge >= 0.3 is 0 Å². The summed E-state index contributed by atoms with van der Waals surface area (Å²) in [5.41, 5.74) is 1.39. The molecule has 19 heavy (non-hydrogen) atoms. The molecule has 0 saturated carbocycles. The lowest BCUT2D eigenvalue weighted by Gasteiger charge is -2.12. The maximum atomic E-state index is 4.23. The van der Waals surface area contributed by atoms with Gasteiger partial charge in [0.05, 0.1) is 6.54 Å². The van der Waals surface area contributed by atoms with Crippen molar-refractivity contribution < 1.29 is 0 Å². The number of imidazole rings is 1. The molecule has 3 nitrogen and oxygen atoms in total. The zero-order valence-corrected chi connectivity index (χ0v) is 11.9. The zero-order chi connectivity index (χ0) is 13.2. The molecular weight excluding hydrogens is 254 g/mol. The lowest BCUT2D eigenvalue weighted by molar-refractivity contribution is 0.568. The average molecular weight is 271 g/mol. The van der Waals surface area contributed by atoms with E-state index in [4.69, 9.17) is 0 Å². The van der Waals surface area contributed by atoms with Gasteiger partial charge in [0, 0.05) is 28.0 Å². The summed E-state index contributed by atoms with van der Waals surface area (Å²) in [6.45, 7) is 5.18. The maximum absolute atomic E-state index is 4.23. The van der Waals surface area contributed by atoms with E-state index < -0.39 is 0 Å². The van der Waals surface area contributed by atoms with Crippen LogP contribution in [0.1, 0.15) is 29.2 Å².